The molecule has 0 spiro atoms. The smallest absolute Gasteiger partial charge is 0.224 e. The van der Waals surface area contributed by atoms with Crippen LogP contribution in [0.4, 0.5) is 11.8 Å². The van der Waals surface area contributed by atoms with E-state index < -0.39 is 0 Å². The number of nitrogens with zero attached hydrogens (tertiary/aromatic N) is 3. The Bertz CT molecular complexity index is 1080. The monoisotopic (exact) mass is 313 g/mol. The van der Waals surface area contributed by atoms with Crippen molar-refractivity contribution < 1.29 is 0 Å². The fraction of sp³-hybridized carbons (Fsp3) is 0. The highest BCUT2D eigenvalue weighted by atomic mass is 15.1. The number of benzene rings is 2. The van der Waals surface area contributed by atoms with E-state index in [1.807, 2.05) is 24.3 Å². The van der Waals surface area contributed by atoms with Crippen molar-refractivity contribution in [2.45, 2.75) is 0 Å². The maximum atomic E-state index is 5.91. The van der Waals surface area contributed by atoms with Crippen LogP contribution in [0.25, 0.3) is 34.0 Å². The van der Waals surface area contributed by atoms with Gasteiger partial charge in [0.1, 0.15) is 5.82 Å². The predicted octanol–water partition coefficient (Wildman–Crippen LogP) is 3.51. The van der Waals surface area contributed by atoms with Gasteiger partial charge in [0.15, 0.2) is 5.65 Å². The van der Waals surface area contributed by atoms with E-state index in [4.69, 9.17) is 11.5 Å². The summed E-state index contributed by atoms with van der Waals surface area (Å²) in [6, 6.07) is 16.5. The number of nitrogens with two attached hydrogens (primary N) is 2. The fourth-order valence-corrected chi connectivity index (χ4v) is 2.74. The molecule has 5 nitrogen and oxygen atoms in total. The molecule has 0 radical (unpaired) electrons. The molecule has 0 aliphatic carbocycles. The first-order valence-electron chi connectivity index (χ1n) is 7.55. The van der Waals surface area contributed by atoms with Crippen molar-refractivity contribution in [3.05, 3.63) is 65.9 Å². The van der Waals surface area contributed by atoms with Gasteiger partial charge in [-0.05, 0) is 28.0 Å². The average Bonchev–Trinajstić information content (AvgIpc) is 2.60. The summed E-state index contributed by atoms with van der Waals surface area (Å²) in [6.45, 7) is 0. The van der Waals surface area contributed by atoms with Gasteiger partial charge >= 0.3 is 0 Å². The zero-order chi connectivity index (χ0) is 16.5. The van der Waals surface area contributed by atoms with Gasteiger partial charge in [0.25, 0.3) is 0 Å². The van der Waals surface area contributed by atoms with Crippen LogP contribution in [-0.2, 0) is 0 Å². The van der Waals surface area contributed by atoms with Gasteiger partial charge in [-0.15, -0.1) is 0 Å². The first kappa shape index (κ1) is 14.1. The van der Waals surface area contributed by atoms with Gasteiger partial charge in [0.05, 0.1) is 5.39 Å². The number of hydrogen-bond acceptors (Lipinski definition) is 5. The van der Waals surface area contributed by atoms with E-state index in [-0.39, 0.29) is 5.95 Å². The van der Waals surface area contributed by atoms with Gasteiger partial charge in [-0.1, -0.05) is 54.6 Å². The van der Waals surface area contributed by atoms with Crippen LogP contribution < -0.4 is 11.5 Å². The van der Waals surface area contributed by atoms with Crippen LogP contribution in [0.1, 0.15) is 11.1 Å². The lowest BCUT2D eigenvalue weighted by Crippen LogP contribution is -2.01. The number of nitrogen functional groups attached to an aromatic ring is 2. The summed E-state index contributed by atoms with van der Waals surface area (Å²) in [7, 11) is 0. The SMILES string of the molecule is Nc1nc(N)c2cc(/C=C/c3cccc4ccccc34)cnc2n1. The van der Waals surface area contributed by atoms with Crippen LogP contribution in [0.15, 0.2) is 54.7 Å². The standard InChI is InChI=1S/C19H15N5/c20-17-16-10-12(11-22-18(16)24-19(21)23-17)8-9-14-6-3-5-13-4-1-2-7-15(13)14/h1-11H,(H4,20,21,22,23,24)/b9-8+. The Kier molecular flexibility index (Phi) is 3.31. The maximum Gasteiger partial charge on any atom is 0.224 e. The molecule has 4 rings (SSSR count). The van der Waals surface area contributed by atoms with Gasteiger partial charge in [-0.3, -0.25) is 0 Å². The average molecular weight is 313 g/mol. The number of fused-ring (bicyclic) bond motifs is 2. The van der Waals surface area contributed by atoms with Crippen LogP contribution in [-0.4, -0.2) is 15.0 Å². The first-order chi connectivity index (χ1) is 11.7. The van der Waals surface area contributed by atoms with Crippen LogP contribution in [0.3, 0.4) is 0 Å². The molecule has 0 unspecified atom stereocenters. The zero-order valence-electron chi connectivity index (χ0n) is 12.8. The molecule has 2 aromatic heterocycles. The molecule has 5 heteroatoms. The molecule has 2 aromatic carbocycles. The number of hydrogen-bond donors (Lipinski definition) is 2. The van der Waals surface area contributed by atoms with Crippen molar-refractivity contribution in [1.82, 2.24) is 15.0 Å². The van der Waals surface area contributed by atoms with Gasteiger partial charge in [0.2, 0.25) is 5.95 Å². The van der Waals surface area contributed by atoms with Crippen LogP contribution >= 0.6 is 0 Å². The molecule has 0 atom stereocenters. The predicted molar refractivity (Wildman–Crippen MR) is 99.0 cm³/mol. The molecular weight excluding hydrogens is 298 g/mol. The Labute approximate surface area is 138 Å². The molecule has 0 fully saturated rings. The topological polar surface area (TPSA) is 90.7 Å². The Balaban J connectivity index is 1.77. The Morgan fingerprint density at radius 1 is 0.833 bits per heavy atom. The molecule has 24 heavy (non-hydrogen) atoms. The molecule has 4 aromatic rings. The molecule has 4 N–H and O–H groups in total. The lowest BCUT2D eigenvalue weighted by atomic mass is 10.0. The molecule has 0 bridgehead atoms. The largest absolute Gasteiger partial charge is 0.383 e. The second kappa shape index (κ2) is 5.62. The van der Waals surface area contributed by atoms with Gasteiger partial charge in [-0.25, -0.2) is 4.98 Å². The van der Waals surface area contributed by atoms with Gasteiger partial charge in [0, 0.05) is 6.20 Å². The number of rotatable bonds is 2. The summed E-state index contributed by atoms with van der Waals surface area (Å²) in [5.41, 5.74) is 14.1. The normalized spacial score (nSPS) is 11.5. The molecular formula is C19H15N5. The van der Waals surface area contributed by atoms with E-state index in [0.29, 0.717) is 16.9 Å². The Hall–Kier alpha value is -3.47. The maximum absolute atomic E-state index is 5.91. The zero-order valence-corrected chi connectivity index (χ0v) is 12.8. The first-order valence-corrected chi connectivity index (χ1v) is 7.55. The summed E-state index contributed by atoms with van der Waals surface area (Å²) < 4.78 is 0. The second-order valence-corrected chi connectivity index (χ2v) is 5.51. The minimum atomic E-state index is 0.131. The molecule has 0 amide bonds. The van der Waals surface area contributed by atoms with Crippen LogP contribution in [0, 0.1) is 0 Å². The minimum absolute atomic E-state index is 0.131. The van der Waals surface area contributed by atoms with Crippen molar-refractivity contribution in [1.29, 1.82) is 0 Å². The number of anilines is 2. The molecule has 0 saturated carbocycles. The summed E-state index contributed by atoms with van der Waals surface area (Å²) in [5.74, 6) is 0.469. The third-order valence-electron chi connectivity index (χ3n) is 3.90. The van der Waals surface area contributed by atoms with Crippen LogP contribution in [0.2, 0.25) is 0 Å². The molecule has 116 valence electrons. The quantitative estimate of drug-likeness (QED) is 0.591. The third-order valence-corrected chi connectivity index (χ3v) is 3.90. The van der Waals surface area contributed by atoms with Crippen molar-refractivity contribution in [3.63, 3.8) is 0 Å². The van der Waals surface area contributed by atoms with Gasteiger partial charge in [-0.2, -0.15) is 9.97 Å². The van der Waals surface area contributed by atoms with E-state index in [1.54, 1.807) is 6.20 Å². The number of pyridine rings is 1. The molecule has 0 aliphatic heterocycles. The molecule has 0 saturated heterocycles. The Morgan fingerprint density at radius 3 is 2.58 bits per heavy atom. The number of aromatic nitrogens is 3. The van der Waals surface area contributed by atoms with Crippen molar-refractivity contribution in [3.8, 4) is 0 Å². The summed E-state index contributed by atoms with van der Waals surface area (Å²) >= 11 is 0. The van der Waals surface area contributed by atoms with Crippen LogP contribution in [0.5, 0.6) is 0 Å². The lowest BCUT2D eigenvalue weighted by molar-refractivity contribution is 1.20. The van der Waals surface area contributed by atoms with E-state index in [1.165, 1.54) is 10.8 Å². The second-order valence-electron chi connectivity index (χ2n) is 5.51. The van der Waals surface area contributed by atoms with Gasteiger partial charge < -0.3 is 11.5 Å². The fourth-order valence-electron chi connectivity index (χ4n) is 2.74. The summed E-state index contributed by atoms with van der Waals surface area (Å²) in [5, 5.41) is 3.12. The van der Waals surface area contributed by atoms with Crippen molar-refractivity contribution in [2.24, 2.45) is 0 Å². The lowest BCUT2D eigenvalue weighted by Gasteiger charge is -2.03. The van der Waals surface area contributed by atoms with E-state index in [9.17, 15) is 0 Å². The summed E-state index contributed by atoms with van der Waals surface area (Å²) in [4.78, 5) is 12.4. The minimum Gasteiger partial charge on any atom is -0.383 e. The van der Waals surface area contributed by atoms with E-state index in [2.05, 4.69) is 51.4 Å². The van der Waals surface area contributed by atoms with Crippen molar-refractivity contribution >= 4 is 45.7 Å². The highest BCUT2D eigenvalue weighted by Crippen LogP contribution is 2.22. The van der Waals surface area contributed by atoms with E-state index >= 15 is 0 Å². The van der Waals surface area contributed by atoms with E-state index in [0.717, 1.165) is 11.1 Å². The molecule has 0 aliphatic rings. The van der Waals surface area contributed by atoms with Crippen molar-refractivity contribution in [2.75, 3.05) is 11.5 Å². The summed E-state index contributed by atoms with van der Waals surface area (Å²) in [6.07, 6.45) is 5.82. The molecule has 2 heterocycles. The Morgan fingerprint density at radius 2 is 1.67 bits per heavy atom. The third kappa shape index (κ3) is 2.52. The highest BCUT2D eigenvalue weighted by molar-refractivity contribution is 5.94. The highest BCUT2D eigenvalue weighted by Gasteiger charge is 2.05.